The molecule has 0 spiro atoms. The van der Waals surface area contributed by atoms with Crippen LogP contribution in [-0.4, -0.2) is 45.2 Å². The second kappa shape index (κ2) is 7.61. The molecule has 1 saturated heterocycles. The molecule has 2 heterocycles. The monoisotopic (exact) mass is 384 g/mol. The zero-order valence-corrected chi connectivity index (χ0v) is 15.1. The van der Waals surface area contributed by atoms with Crippen molar-refractivity contribution >= 4 is 23.3 Å². The second-order valence-electron chi connectivity index (χ2n) is 6.23. The molecule has 5 nitrogen and oxygen atoms in total. The Hall–Kier alpha value is -2.16. The molecule has 140 valence electrons. The summed E-state index contributed by atoms with van der Waals surface area (Å²) in [6.45, 7) is 3.44. The number of hydrogen-bond acceptors (Lipinski definition) is 5. The van der Waals surface area contributed by atoms with E-state index in [2.05, 4.69) is 8.75 Å². The fourth-order valence-electron chi connectivity index (χ4n) is 3.22. The van der Waals surface area contributed by atoms with Crippen molar-refractivity contribution in [3.63, 3.8) is 0 Å². The first-order valence-corrected chi connectivity index (χ1v) is 9.14. The van der Waals surface area contributed by atoms with Crippen molar-refractivity contribution < 1.29 is 18.0 Å². The zero-order valence-electron chi connectivity index (χ0n) is 14.2. The number of carbonyl (C=O) groups is 1. The number of aromatic nitrogens is 2. The summed E-state index contributed by atoms with van der Waals surface area (Å²) in [4.78, 5) is 16.3. The number of anilines is 1. The van der Waals surface area contributed by atoms with Crippen LogP contribution in [0.4, 0.5) is 18.9 Å². The second-order valence-corrected chi connectivity index (χ2v) is 6.78. The van der Waals surface area contributed by atoms with Gasteiger partial charge in [0.1, 0.15) is 0 Å². The van der Waals surface area contributed by atoms with Crippen molar-refractivity contribution in [1.29, 1.82) is 0 Å². The van der Waals surface area contributed by atoms with Crippen LogP contribution in [0.1, 0.15) is 35.8 Å². The molecule has 9 heteroatoms. The van der Waals surface area contributed by atoms with Crippen LogP contribution in [0.5, 0.6) is 0 Å². The molecule has 1 aromatic heterocycles. The van der Waals surface area contributed by atoms with Crippen LogP contribution >= 0.6 is 11.7 Å². The largest absolute Gasteiger partial charge is 0.416 e. The number of hydrogen-bond donors (Lipinski definition) is 0. The van der Waals surface area contributed by atoms with E-state index in [1.807, 2.05) is 11.8 Å². The molecule has 1 amide bonds. The number of nitrogens with zero attached hydrogens (tertiary/aromatic N) is 4. The fraction of sp³-hybridized carbons (Fsp3) is 0.471. The molecule has 26 heavy (non-hydrogen) atoms. The van der Waals surface area contributed by atoms with Crippen molar-refractivity contribution in [3.8, 4) is 0 Å². The van der Waals surface area contributed by atoms with Gasteiger partial charge in [-0.2, -0.15) is 21.9 Å². The summed E-state index contributed by atoms with van der Waals surface area (Å²) in [6, 6.07) is 5.27. The molecule has 1 aliphatic heterocycles. The summed E-state index contributed by atoms with van der Waals surface area (Å²) in [7, 11) is 0. The third kappa shape index (κ3) is 3.98. The number of halogens is 3. The lowest BCUT2D eigenvalue weighted by atomic mass is 10.0. The minimum absolute atomic E-state index is 0.0718. The van der Waals surface area contributed by atoms with Crippen molar-refractivity contribution in [2.75, 3.05) is 24.5 Å². The highest BCUT2D eigenvalue weighted by Crippen LogP contribution is 2.32. The van der Waals surface area contributed by atoms with E-state index >= 15 is 0 Å². The van der Waals surface area contributed by atoms with Gasteiger partial charge < -0.3 is 9.80 Å². The van der Waals surface area contributed by atoms with Gasteiger partial charge in [-0.05, 0) is 24.6 Å². The molecular weight excluding hydrogens is 365 g/mol. The zero-order chi connectivity index (χ0) is 18.7. The number of alkyl halides is 3. The van der Waals surface area contributed by atoms with Crippen molar-refractivity contribution in [3.05, 3.63) is 41.7 Å². The summed E-state index contributed by atoms with van der Waals surface area (Å²) in [5, 5.41) is 0. The smallest absolute Gasteiger partial charge is 0.368 e. The molecule has 2 aromatic rings. The molecule has 3 rings (SSSR count). The molecule has 0 saturated carbocycles. The molecular formula is C17H19F3N4OS. The van der Waals surface area contributed by atoms with Gasteiger partial charge in [0.25, 0.3) is 5.91 Å². The number of benzene rings is 1. The maximum absolute atomic E-state index is 13.0. The Morgan fingerprint density at radius 1 is 1.35 bits per heavy atom. The van der Waals surface area contributed by atoms with Gasteiger partial charge in [-0.25, -0.2) is 0 Å². The SMILES string of the molecule is CCCC1CN(c2cccc(C(F)(F)F)c2)CCN1C(=O)c1cnsn1. The first-order chi connectivity index (χ1) is 12.4. The van der Waals surface area contributed by atoms with E-state index in [-0.39, 0.29) is 11.9 Å². The molecule has 0 N–H and O–H groups in total. The Morgan fingerprint density at radius 2 is 2.15 bits per heavy atom. The van der Waals surface area contributed by atoms with E-state index in [9.17, 15) is 18.0 Å². The topological polar surface area (TPSA) is 49.3 Å². The number of rotatable bonds is 4. The van der Waals surface area contributed by atoms with E-state index in [0.29, 0.717) is 31.0 Å². The summed E-state index contributed by atoms with van der Waals surface area (Å²) in [5.74, 6) is -0.166. The molecule has 0 aliphatic carbocycles. The highest BCUT2D eigenvalue weighted by atomic mass is 32.1. The first kappa shape index (κ1) is 18.6. The van der Waals surface area contributed by atoms with Gasteiger partial charge >= 0.3 is 6.18 Å². The van der Waals surface area contributed by atoms with E-state index in [1.54, 1.807) is 11.0 Å². The van der Waals surface area contributed by atoms with Gasteiger partial charge in [0.05, 0.1) is 23.5 Å². The van der Waals surface area contributed by atoms with Gasteiger partial charge in [0, 0.05) is 31.4 Å². The quantitative estimate of drug-likeness (QED) is 0.807. The fourth-order valence-corrected chi connectivity index (χ4v) is 3.63. The Balaban J connectivity index is 1.78. The van der Waals surface area contributed by atoms with Gasteiger partial charge in [-0.15, -0.1) is 0 Å². The van der Waals surface area contributed by atoms with Crippen molar-refractivity contribution in [2.45, 2.75) is 32.0 Å². The lowest BCUT2D eigenvalue weighted by Gasteiger charge is -2.42. The van der Waals surface area contributed by atoms with Crippen LogP contribution in [0.25, 0.3) is 0 Å². The van der Waals surface area contributed by atoms with Crippen LogP contribution in [0.3, 0.4) is 0 Å². The predicted octanol–water partition coefficient (Wildman–Crippen LogP) is 3.69. The highest BCUT2D eigenvalue weighted by molar-refractivity contribution is 6.99. The summed E-state index contributed by atoms with van der Waals surface area (Å²) in [5.41, 5.74) is 0.195. The Kier molecular flexibility index (Phi) is 5.45. The van der Waals surface area contributed by atoms with Crippen LogP contribution in [0.15, 0.2) is 30.5 Å². The maximum atomic E-state index is 13.0. The predicted molar refractivity (Wildman–Crippen MR) is 93.3 cm³/mol. The average Bonchev–Trinajstić information content (AvgIpc) is 3.15. The Labute approximate surface area is 153 Å². The summed E-state index contributed by atoms with van der Waals surface area (Å²) < 4.78 is 46.8. The van der Waals surface area contributed by atoms with Gasteiger partial charge in [-0.3, -0.25) is 4.79 Å². The minimum atomic E-state index is -4.37. The third-order valence-electron chi connectivity index (χ3n) is 4.48. The van der Waals surface area contributed by atoms with Crippen LogP contribution in [0, 0.1) is 0 Å². The van der Waals surface area contributed by atoms with Crippen LogP contribution in [0.2, 0.25) is 0 Å². The van der Waals surface area contributed by atoms with Gasteiger partial charge in [0.15, 0.2) is 5.69 Å². The number of carbonyl (C=O) groups excluding carboxylic acids is 1. The van der Waals surface area contributed by atoms with E-state index in [4.69, 9.17) is 0 Å². The average molecular weight is 384 g/mol. The maximum Gasteiger partial charge on any atom is 0.416 e. The number of amides is 1. The van der Waals surface area contributed by atoms with E-state index in [0.717, 1.165) is 30.6 Å². The number of piperazine rings is 1. The van der Waals surface area contributed by atoms with Crippen LogP contribution < -0.4 is 4.90 Å². The molecule has 0 radical (unpaired) electrons. The first-order valence-electron chi connectivity index (χ1n) is 8.41. The van der Waals surface area contributed by atoms with Crippen molar-refractivity contribution in [1.82, 2.24) is 13.6 Å². The molecule has 1 aliphatic rings. The minimum Gasteiger partial charge on any atom is -0.368 e. The lowest BCUT2D eigenvalue weighted by molar-refractivity contribution is -0.137. The van der Waals surface area contributed by atoms with Gasteiger partial charge in [-0.1, -0.05) is 19.4 Å². The Bertz CT molecular complexity index is 751. The molecule has 0 bridgehead atoms. The standard InChI is InChI=1S/C17H19F3N4OS/c1-2-4-14-11-23(13-6-3-5-12(9-13)17(18,19)20)7-8-24(14)16(25)15-10-21-26-22-15/h3,5-6,9-10,14H,2,4,7-8,11H2,1H3. The third-order valence-corrected chi connectivity index (χ3v) is 4.96. The summed E-state index contributed by atoms with van der Waals surface area (Å²) in [6.07, 6.45) is -1.26. The van der Waals surface area contributed by atoms with E-state index < -0.39 is 11.7 Å². The molecule has 1 fully saturated rings. The van der Waals surface area contributed by atoms with E-state index in [1.165, 1.54) is 18.3 Å². The Morgan fingerprint density at radius 3 is 2.81 bits per heavy atom. The molecule has 1 aromatic carbocycles. The molecule has 1 atom stereocenters. The van der Waals surface area contributed by atoms with Crippen LogP contribution in [-0.2, 0) is 6.18 Å². The van der Waals surface area contributed by atoms with Gasteiger partial charge in [0.2, 0.25) is 0 Å². The normalized spacial score (nSPS) is 18.2. The summed E-state index contributed by atoms with van der Waals surface area (Å²) >= 11 is 0.983. The van der Waals surface area contributed by atoms with Crippen molar-refractivity contribution in [2.24, 2.45) is 0 Å². The molecule has 1 unspecified atom stereocenters. The highest BCUT2D eigenvalue weighted by Gasteiger charge is 2.34. The lowest BCUT2D eigenvalue weighted by Crippen LogP contribution is -2.55.